The molecule has 1 radical (unpaired) electrons. The molecule has 0 aromatic heterocycles. The third kappa shape index (κ3) is 18.7. The van der Waals surface area contributed by atoms with Gasteiger partial charge in [-0.15, -0.1) is 18.3 Å². The molecule has 0 aliphatic rings. The zero-order chi connectivity index (χ0) is 14.1. The van der Waals surface area contributed by atoms with Crippen molar-refractivity contribution >= 4 is 5.78 Å². The van der Waals surface area contributed by atoms with Crippen LogP contribution in [0.4, 0.5) is 0 Å². The van der Waals surface area contributed by atoms with Gasteiger partial charge < -0.3 is 13.8 Å². The molecule has 0 bridgehead atoms. The number of hydrogen-bond donors (Lipinski definition) is 0. The predicted octanol–water partition coefficient (Wildman–Crippen LogP) is 4.47. The molecule has 0 amide bonds. The first-order valence-corrected chi connectivity index (χ1v) is 6.16. The molecular formula is C16H28OY-2. The predicted molar refractivity (Wildman–Crippen MR) is 76.3 cm³/mol. The topological polar surface area (TPSA) is 17.1 Å². The first-order valence-electron chi connectivity index (χ1n) is 6.16. The molecule has 0 atom stereocenters. The Morgan fingerprint density at radius 2 is 1.50 bits per heavy atom. The number of ketones is 1. The molecule has 103 valence electrons. The smallest absolute Gasteiger partial charge is 0.135 e. The Bertz CT molecular complexity index is 268. The average Bonchev–Trinajstić information content (AvgIpc) is 2.13. The fourth-order valence-corrected chi connectivity index (χ4v) is 0.863. The summed E-state index contributed by atoms with van der Waals surface area (Å²) in [6, 6.07) is 0. The average molecular weight is 325 g/mol. The summed E-state index contributed by atoms with van der Waals surface area (Å²) >= 11 is 0. The molecule has 0 aliphatic heterocycles. The Morgan fingerprint density at radius 3 is 1.61 bits per heavy atom. The molecule has 0 spiro atoms. The van der Waals surface area contributed by atoms with Crippen molar-refractivity contribution in [3.8, 4) is 11.8 Å². The maximum absolute atomic E-state index is 11.0. The second-order valence-corrected chi connectivity index (χ2v) is 6.08. The summed E-state index contributed by atoms with van der Waals surface area (Å²) in [4.78, 5) is 11.0. The van der Waals surface area contributed by atoms with E-state index in [2.05, 4.69) is 46.5 Å². The van der Waals surface area contributed by atoms with E-state index in [0.717, 1.165) is 12.8 Å². The number of hydrogen-bond acceptors (Lipinski definition) is 1. The van der Waals surface area contributed by atoms with Crippen molar-refractivity contribution in [2.75, 3.05) is 0 Å². The van der Waals surface area contributed by atoms with Gasteiger partial charge in [0.15, 0.2) is 0 Å². The molecule has 0 saturated carbocycles. The Kier molecular flexibility index (Phi) is 14.6. The fraction of sp³-hybridized carbons (Fsp3) is 0.688. The third-order valence-electron chi connectivity index (χ3n) is 1.83. The van der Waals surface area contributed by atoms with Crippen LogP contribution in [0.1, 0.15) is 60.8 Å². The van der Waals surface area contributed by atoms with Crippen LogP contribution < -0.4 is 0 Å². The molecular weight excluding hydrogens is 297 g/mol. The van der Waals surface area contributed by atoms with Crippen molar-refractivity contribution in [2.24, 2.45) is 10.8 Å². The fourth-order valence-electron chi connectivity index (χ4n) is 0.863. The van der Waals surface area contributed by atoms with E-state index in [4.69, 9.17) is 0 Å². The molecule has 2 heteroatoms. The van der Waals surface area contributed by atoms with Crippen molar-refractivity contribution in [2.45, 2.75) is 60.8 Å². The van der Waals surface area contributed by atoms with E-state index in [0.29, 0.717) is 12.2 Å². The van der Waals surface area contributed by atoms with E-state index in [1.54, 1.807) is 0 Å². The van der Waals surface area contributed by atoms with Crippen LogP contribution in [0.2, 0.25) is 0 Å². The summed E-state index contributed by atoms with van der Waals surface area (Å²) in [7, 11) is 0. The zero-order valence-corrected chi connectivity index (χ0v) is 15.9. The Labute approximate surface area is 140 Å². The van der Waals surface area contributed by atoms with Gasteiger partial charge in [0.2, 0.25) is 0 Å². The molecule has 0 fully saturated rings. The van der Waals surface area contributed by atoms with E-state index in [1.165, 1.54) is 0 Å². The standard InChI is InChI=1S/C8H15O.C8H13.Y/c1-5-6-7(9)8(2,3)4;1-5-6-7-8(2,3)4;/h1,5-6H2,2-4H3;1,5H2,2-4H3;/q2*-1;. The van der Waals surface area contributed by atoms with Gasteiger partial charge in [-0.05, 0) is 27.2 Å². The Balaban J connectivity index is -0.000000238. The SMILES string of the molecule is [CH2-]CC#CC(C)(C)C.[CH2-]CCC(=O)C(C)(C)C.[Y]. The summed E-state index contributed by atoms with van der Waals surface area (Å²) in [5.41, 5.74) is -0.0185. The molecule has 0 aromatic carbocycles. The number of rotatable bonds is 2. The number of carbonyl (C=O) groups excluding carboxylic acids is 1. The molecule has 18 heavy (non-hydrogen) atoms. The van der Waals surface area contributed by atoms with Crippen LogP contribution in [0.25, 0.3) is 0 Å². The molecule has 0 heterocycles. The molecule has 0 aliphatic carbocycles. The van der Waals surface area contributed by atoms with Crippen LogP contribution in [-0.2, 0) is 37.5 Å². The minimum Gasteiger partial charge on any atom is -0.343 e. The van der Waals surface area contributed by atoms with Gasteiger partial charge >= 0.3 is 0 Å². The van der Waals surface area contributed by atoms with Crippen molar-refractivity contribution < 1.29 is 37.5 Å². The van der Waals surface area contributed by atoms with Gasteiger partial charge in [-0.2, -0.15) is 6.42 Å². The molecule has 1 nitrogen and oxygen atoms in total. The van der Waals surface area contributed by atoms with Gasteiger partial charge in [0.05, 0.1) is 0 Å². The first-order chi connectivity index (χ1) is 7.54. The minimum absolute atomic E-state index is 0. The number of carbonyl (C=O) groups is 1. The van der Waals surface area contributed by atoms with Gasteiger partial charge in [-0.1, -0.05) is 20.8 Å². The van der Waals surface area contributed by atoms with Gasteiger partial charge in [-0.3, -0.25) is 4.79 Å². The van der Waals surface area contributed by atoms with E-state index >= 15 is 0 Å². The number of Topliss-reactive ketones (excluding diaryl/α,β-unsaturated/α-hetero) is 1. The van der Waals surface area contributed by atoms with Gasteiger partial charge in [0, 0.05) is 43.5 Å². The van der Waals surface area contributed by atoms with E-state index in [9.17, 15) is 4.79 Å². The Morgan fingerprint density at radius 1 is 1.06 bits per heavy atom. The minimum atomic E-state index is -0.169. The molecule has 0 rings (SSSR count). The molecule has 0 unspecified atom stereocenters. The maximum Gasteiger partial charge on any atom is 0.135 e. The van der Waals surface area contributed by atoms with Crippen molar-refractivity contribution in [3.63, 3.8) is 0 Å². The first kappa shape index (κ1) is 23.4. The molecule has 0 N–H and O–H groups in total. The van der Waals surface area contributed by atoms with Gasteiger partial charge in [0.25, 0.3) is 0 Å². The van der Waals surface area contributed by atoms with E-state index in [1.807, 2.05) is 20.8 Å². The maximum atomic E-state index is 11.0. The van der Waals surface area contributed by atoms with E-state index in [-0.39, 0.29) is 43.5 Å². The summed E-state index contributed by atoms with van der Waals surface area (Å²) in [5, 5.41) is 0. The quantitative estimate of drug-likeness (QED) is 0.541. The van der Waals surface area contributed by atoms with E-state index < -0.39 is 0 Å². The molecule has 0 saturated heterocycles. The van der Waals surface area contributed by atoms with Crippen LogP contribution in [-0.4, -0.2) is 5.78 Å². The normalized spacial score (nSPS) is 10.2. The third-order valence-corrected chi connectivity index (χ3v) is 1.83. The molecule has 0 aromatic rings. The monoisotopic (exact) mass is 325 g/mol. The van der Waals surface area contributed by atoms with Crippen molar-refractivity contribution in [3.05, 3.63) is 13.8 Å². The largest absolute Gasteiger partial charge is 0.343 e. The summed E-state index contributed by atoms with van der Waals surface area (Å²) < 4.78 is 0. The van der Waals surface area contributed by atoms with Crippen LogP contribution in [0, 0.1) is 36.5 Å². The summed E-state index contributed by atoms with van der Waals surface area (Å²) in [6.07, 6.45) is 2.05. The summed E-state index contributed by atoms with van der Waals surface area (Å²) in [5.74, 6) is 6.29. The zero-order valence-electron chi connectivity index (χ0n) is 13.0. The summed E-state index contributed by atoms with van der Waals surface area (Å²) in [6.45, 7) is 19.3. The van der Waals surface area contributed by atoms with Gasteiger partial charge in [-0.25, -0.2) is 0 Å². The van der Waals surface area contributed by atoms with Crippen LogP contribution in [0.5, 0.6) is 0 Å². The van der Waals surface area contributed by atoms with Gasteiger partial charge in [0.1, 0.15) is 5.78 Å². The Hall–Kier alpha value is 0.334. The van der Waals surface area contributed by atoms with Crippen molar-refractivity contribution in [1.82, 2.24) is 0 Å². The van der Waals surface area contributed by atoms with Crippen LogP contribution in [0.15, 0.2) is 0 Å². The van der Waals surface area contributed by atoms with Crippen LogP contribution in [0.3, 0.4) is 0 Å². The van der Waals surface area contributed by atoms with Crippen molar-refractivity contribution in [1.29, 1.82) is 0 Å². The van der Waals surface area contributed by atoms with Crippen LogP contribution >= 0.6 is 0 Å². The second kappa shape index (κ2) is 11.2. The second-order valence-electron chi connectivity index (χ2n) is 6.08.